The molecule has 0 saturated heterocycles. The summed E-state index contributed by atoms with van der Waals surface area (Å²) in [4.78, 5) is 12.0. The van der Waals surface area contributed by atoms with E-state index in [1.165, 1.54) is 10.5 Å². The van der Waals surface area contributed by atoms with Gasteiger partial charge in [-0.1, -0.05) is 44.2 Å². The highest BCUT2D eigenvalue weighted by atomic mass is 32.2. The molecule has 1 N–H and O–H groups in total. The largest absolute Gasteiger partial charge is 0.487 e. The Bertz CT molecular complexity index is 1080. The molecule has 0 saturated carbocycles. The molecule has 0 unspecified atom stereocenters. The van der Waals surface area contributed by atoms with Crippen LogP contribution in [0.25, 0.3) is 0 Å². The molecule has 3 aromatic rings. The SMILES string of the molecule is Cc1cc(SCC[C@@H](C)Oc2ccc(C(C)C)cc2Oc2ccccc2)ccc1CCC(=O)O. The summed E-state index contributed by atoms with van der Waals surface area (Å²) in [5.41, 5.74) is 3.45. The molecule has 0 spiro atoms. The Kier molecular flexibility index (Phi) is 9.46. The van der Waals surface area contributed by atoms with Crippen LogP contribution in [0, 0.1) is 6.92 Å². The van der Waals surface area contributed by atoms with Crippen LogP contribution in [0.4, 0.5) is 0 Å². The zero-order chi connectivity index (χ0) is 24.5. The monoisotopic (exact) mass is 478 g/mol. The fourth-order valence-electron chi connectivity index (χ4n) is 3.58. The minimum atomic E-state index is -0.761. The van der Waals surface area contributed by atoms with Gasteiger partial charge in [-0.3, -0.25) is 4.79 Å². The van der Waals surface area contributed by atoms with E-state index in [2.05, 4.69) is 45.0 Å². The van der Waals surface area contributed by atoms with Crippen molar-refractivity contribution in [3.63, 3.8) is 0 Å². The third-order valence-electron chi connectivity index (χ3n) is 5.65. The number of carboxylic acids is 1. The van der Waals surface area contributed by atoms with Gasteiger partial charge in [-0.05, 0) is 85.7 Å². The summed E-state index contributed by atoms with van der Waals surface area (Å²) < 4.78 is 12.5. The molecule has 0 bridgehead atoms. The first-order chi connectivity index (χ1) is 16.3. The summed E-state index contributed by atoms with van der Waals surface area (Å²) in [6, 6.07) is 22.2. The number of hydrogen-bond acceptors (Lipinski definition) is 4. The van der Waals surface area contributed by atoms with Gasteiger partial charge in [0.1, 0.15) is 5.75 Å². The van der Waals surface area contributed by atoms with Crippen molar-refractivity contribution in [1.82, 2.24) is 0 Å². The molecule has 0 aliphatic rings. The first kappa shape index (κ1) is 25.7. The number of benzene rings is 3. The number of carbonyl (C=O) groups is 1. The number of rotatable bonds is 12. The van der Waals surface area contributed by atoms with Gasteiger partial charge < -0.3 is 14.6 Å². The van der Waals surface area contributed by atoms with Gasteiger partial charge in [0.2, 0.25) is 0 Å². The summed E-state index contributed by atoms with van der Waals surface area (Å²) in [6.45, 7) is 8.47. The molecule has 5 heteroatoms. The lowest BCUT2D eigenvalue weighted by Gasteiger charge is -2.19. The van der Waals surface area contributed by atoms with Crippen molar-refractivity contribution >= 4 is 17.7 Å². The maximum atomic E-state index is 10.8. The Morgan fingerprint density at radius 3 is 2.41 bits per heavy atom. The van der Waals surface area contributed by atoms with Gasteiger partial charge in [-0.15, -0.1) is 11.8 Å². The van der Waals surface area contributed by atoms with E-state index in [9.17, 15) is 4.79 Å². The average molecular weight is 479 g/mol. The van der Waals surface area contributed by atoms with Crippen molar-refractivity contribution in [2.75, 3.05) is 5.75 Å². The Balaban J connectivity index is 1.58. The second-order valence-corrected chi connectivity index (χ2v) is 9.99. The van der Waals surface area contributed by atoms with Crippen molar-refractivity contribution in [2.24, 2.45) is 0 Å². The fourth-order valence-corrected chi connectivity index (χ4v) is 4.68. The van der Waals surface area contributed by atoms with Crippen LogP contribution in [0.15, 0.2) is 71.6 Å². The molecule has 4 nitrogen and oxygen atoms in total. The zero-order valence-electron chi connectivity index (χ0n) is 20.4. The first-order valence-corrected chi connectivity index (χ1v) is 12.8. The van der Waals surface area contributed by atoms with Crippen LogP contribution in [0.1, 0.15) is 56.2 Å². The van der Waals surface area contributed by atoms with Crippen molar-refractivity contribution in [3.05, 3.63) is 83.4 Å². The van der Waals surface area contributed by atoms with Crippen molar-refractivity contribution < 1.29 is 19.4 Å². The zero-order valence-corrected chi connectivity index (χ0v) is 21.2. The molecule has 0 aliphatic heterocycles. The van der Waals surface area contributed by atoms with Gasteiger partial charge in [0.25, 0.3) is 0 Å². The third kappa shape index (κ3) is 7.84. The predicted molar refractivity (Wildman–Crippen MR) is 140 cm³/mol. The minimum Gasteiger partial charge on any atom is -0.487 e. The number of ether oxygens (including phenoxy) is 2. The number of para-hydroxylation sites is 1. The first-order valence-electron chi connectivity index (χ1n) is 11.8. The van der Waals surface area contributed by atoms with Crippen LogP contribution in [0.2, 0.25) is 0 Å². The van der Waals surface area contributed by atoms with E-state index in [4.69, 9.17) is 14.6 Å². The van der Waals surface area contributed by atoms with E-state index < -0.39 is 5.97 Å². The van der Waals surface area contributed by atoms with E-state index >= 15 is 0 Å². The van der Waals surface area contributed by atoms with E-state index in [-0.39, 0.29) is 12.5 Å². The molecule has 180 valence electrons. The summed E-state index contributed by atoms with van der Waals surface area (Å²) in [7, 11) is 0. The summed E-state index contributed by atoms with van der Waals surface area (Å²) in [5, 5.41) is 8.90. The lowest BCUT2D eigenvalue weighted by atomic mass is 10.0. The predicted octanol–water partition coefficient (Wildman–Crippen LogP) is 7.88. The van der Waals surface area contributed by atoms with E-state index in [0.29, 0.717) is 12.3 Å². The molecule has 3 rings (SSSR count). The summed E-state index contributed by atoms with van der Waals surface area (Å²) in [6.07, 6.45) is 1.66. The number of aliphatic carboxylic acids is 1. The average Bonchev–Trinajstić information content (AvgIpc) is 2.80. The van der Waals surface area contributed by atoms with Crippen LogP contribution < -0.4 is 9.47 Å². The second kappa shape index (κ2) is 12.5. The Morgan fingerprint density at radius 2 is 1.74 bits per heavy atom. The lowest BCUT2D eigenvalue weighted by Crippen LogP contribution is -2.13. The maximum absolute atomic E-state index is 10.8. The van der Waals surface area contributed by atoms with Gasteiger partial charge in [0.15, 0.2) is 11.5 Å². The van der Waals surface area contributed by atoms with Crippen LogP contribution >= 0.6 is 11.8 Å². The molecular formula is C29H34O4S. The highest BCUT2D eigenvalue weighted by Crippen LogP contribution is 2.35. The lowest BCUT2D eigenvalue weighted by molar-refractivity contribution is -0.136. The van der Waals surface area contributed by atoms with Gasteiger partial charge in [-0.2, -0.15) is 0 Å². The van der Waals surface area contributed by atoms with Crippen LogP contribution in [-0.4, -0.2) is 22.9 Å². The Labute approximate surface area is 207 Å². The molecule has 34 heavy (non-hydrogen) atoms. The molecule has 0 fully saturated rings. The van der Waals surface area contributed by atoms with Crippen LogP contribution in [0.5, 0.6) is 17.2 Å². The van der Waals surface area contributed by atoms with Gasteiger partial charge in [0, 0.05) is 17.1 Å². The summed E-state index contributed by atoms with van der Waals surface area (Å²) in [5.74, 6) is 2.85. The third-order valence-corrected chi connectivity index (χ3v) is 6.68. The summed E-state index contributed by atoms with van der Waals surface area (Å²) >= 11 is 1.79. The maximum Gasteiger partial charge on any atom is 0.303 e. The number of hydrogen-bond donors (Lipinski definition) is 1. The number of thioether (sulfide) groups is 1. The van der Waals surface area contributed by atoms with E-state index in [1.54, 1.807) is 11.8 Å². The van der Waals surface area contributed by atoms with Gasteiger partial charge in [-0.25, -0.2) is 0 Å². The second-order valence-electron chi connectivity index (χ2n) is 8.82. The number of aryl methyl sites for hydroxylation is 2. The van der Waals surface area contributed by atoms with Gasteiger partial charge >= 0.3 is 5.97 Å². The molecule has 0 amide bonds. The highest BCUT2D eigenvalue weighted by molar-refractivity contribution is 7.99. The normalized spacial score (nSPS) is 11.9. The molecule has 1 atom stereocenters. The Hall–Kier alpha value is -2.92. The van der Waals surface area contributed by atoms with Crippen molar-refractivity contribution in [2.45, 2.75) is 63.9 Å². The molecule has 0 radical (unpaired) electrons. The standard InChI is InChI=1S/C29H34O4S/c1-20(2)24-11-14-27(28(19-24)33-25-8-6-5-7-9-25)32-22(4)16-17-34-26-13-10-23(21(3)18-26)12-15-29(30)31/h5-11,13-14,18-20,22H,12,15-17H2,1-4H3,(H,30,31)/t22-/m1/s1. The van der Waals surface area contributed by atoms with Gasteiger partial charge in [0.05, 0.1) is 6.10 Å². The Morgan fingerprint density at radius 1 is 0.971 bits per heavy atom. The van der Waals surface area contributed by atoms with Crippen LogP contribution in [0.3, 0.4) is 0 Å². The molecule has 0 aliphatic carbocycles. The topological polar surface area (TPSA) is 55.8 Å². The van der Waals surface area contributed by atoms with Crippen molar-refractivity contribution in [3.8, 4) is 17.2 Å². The van der Waals surface area contributed by atoms with E-state index in [0.717, 1.165) is 40.5 Å². The minimum absolute atomic E-state index is 0.0338. The molecule has 3 aromatic carbocycles. The smallest absolute Gasteiger partial charge is 0.303 e. The molecule has 0 aromatic heterocycles. The quantitative estimate of drug-likeness (QED) is 0.268. The number of carboxylic acid groups (broad SMARTS) is 1. The molecular weight excluding hydrogens is 444 g/mol. The van der Waals surface area contributed by atoms with Crippen molar-refractivity contribution in [1.29, 1.82) is 0 Å². The van der Waals surface area contributed by atoms with E-state index in [1.807, 2.05) is 49.4 Å². The molecule has 0 heterocycles. The fraction of sp³-hybridized carbons (Fsp3) is 0.345. The van der Waals surface area contributed by atoms with Crippen LogP contribution in [-0.2, 0) is 11.2 Å². The highest BCUT2D eigenvalue weighted by Gasteiger charge is 2.13.